The number of guanidine groups is 1. The summed E-state index contributed by atoms with van der Waals surface area (Å²) >= 11 is 0. The summed E-state index contributed by atoms with van der Waals surface area (Å²) < 4.78 is 37.0. The minimum absolute atomic E-state index is 0. The Balaban J connectivity index is 0.00000341. The first-order valence-corrected chi connectivity index (χ1v) is 9.25. The lowest BCUT2D eigenvalue weighted by Crippen LogP contribution is -2.36. The van der Waals surface area contributed by atoms with Gasteiger partial charge in [0.25, 0.3) is 0 Å². The summed E-state index contributed by atoms with van der Waals surface area (Å²) in [6, 6.07) is 14.4. The van der Waals surface area contributed by atoms with Gasteiger partial charge in [0.1, 0.15) is 11.5 Å². The van der Waals surface area contributed by atoms with E-state index in [1.165, 1.54) is 13.2 Å². The Hall–Kier alpha value is -2.89. The van der Waals surface area contributed by atoms with Crippen LogP contribution < -0.4 is 20.1 Å². The second-order valence-electron chi connectivity index (χ2n) is 6.21. The fourth-order valence-corrected chi connectivity index (χ4v) is 2.91. The quantitative estimate of drug-likeness (QED) is 0.256. The van der Waals surface area contributed by atoms with Crippen LogP contribution in [0.2, 0.25) is 0 Å². The predicted octanol–water partition coefficient (Wildman–Crippen LogP) is 3.97. The van der Waals surface area contributed by atoms with Crippen molar-refractivity contribution in [3.05, 3.63) is 72.1 Å². The van der Waals surface area contributed by atoms with E-state index in [4.69, 9.17) is 4.74 Å². The smallest absolute Gasteiger partial charge is 0.387 e. The van der Waals surface area contributed by atoms with E-state index >= 15 is 0 Å². The van der Waals surface area contributed by atoms with Crippen LogP contribution in [0, 0.1) is 0 Å². The van der Waals surface area contributed by atoms with Gasteiger partial charge in [0.15, 0.2) is 5.96 Å². The third kappa shape index (κ3) is 6.81. The number of para-hydroxylation sites is 1. The van der Waals surface area contributed by atoms with E-state index in [0.717, 1.165) is 11.3 Å². The first kappa shape index (κ1) is 24.4. The first-order valence-electron chi connectivity index (χ1n) is 9.25. The maximum Gasteiger partial charge on any atom is 0.387 e. The molecule has 3 aromatic rings. The van der Waals surface area contributed by atoms with E-state index in [1.54, 1.807) is 30.1 Å². The summed E-state index contributed by atoms with van der Waals surface area (Å²) in [6.07, 6.45) is 3.59. The van der Waals surface area contributed by atoms with Gasteiger partial charge in [-0.3, -0.25) is 4.99 Å². The van der Waals surface area contributed by atoms with E-state index in [1.807, 2.05) is 36.5 Å². The zero-order valence-electron chi connectivity index (χ0n) is 17.1. The molecule has 0 saturated carbocycles. The number of aliphatic imine (C=N–C) groups is 1. The predicted molar refractivity (Wildman–Crippen MR) is 126 cm³/mol. The minimum atomic E-state index is -2.91. The Morgan fingerprint density at radius 1 is 1.10 bits per heavy atom. The van der Waals surface area contributed by atoms with Crippen molar-refractivity contribution < 1.29 is 18.3 Å². The molecule has 0 amide bonds. The van der Waals surface area contributed by atoms with Crippen molar-refractivity contribution in [1.82, 2.24) is 20.4 Å². The van der Waals surface area contributed by atoms with Crippen molar-refractivity contribution in [1.29, 1.82) is 0 Å². The highest BCUT2D eigenvalue weighted by molar-refractivity contribution is 14.0. The van der Waals surface area contributed by atoms with E-state index in [2.05, 4.69) is 25.5 Å². The number of halogens is 3. The number of aromatic nitrogens is 2. The van der Waals surface area contributed by atoms with Crippen LogP contribution in [0.15, 0.2) is 65.9 Å². The van der Waals surface area contributed by atoms with Crippen molar-refractivity contribution >= 4 is 29.9 Å². The van der Waals surface area contributed by atoms with Crippen LogP contribution in [-0.2, 0) is 13.1 Å². The molecule has 0 aliphatic heterocycles. The molecule has 0 radical (unpaired) electrons. The van der Waals surface area contributed by atoms with Crippen LogP contribution in [0.25, 0.3) is 5.69 Å². The van der Waals surface area contributed by atoms with E-state index < -0.39 is 6.61 Å². The molecule has 31 heavy (non-hydrogen) atoms. The largest absolute Gasteiger partial charge is 0.497 e. The molecule has 2 N–H and O–H groups in total. The highest BCUT2D eigenvalue weighted by Crippen LogP contribution is 2.25. The van der Waals surface area contributed by atoms with E-state index in [0.29, 0.717) is 23.8 Å². The van der Waals surface area contributed by atoms with Gasteiger partial charge in [0, 0.05) is 38.1 Å². The Labute approximate surface area is 196 Å². The van der Waals surface area contributed by atoms with Crippen LogP contribution in [-0.4, -0.2) is 36.5 Å². The molecule has 0 aliphatic rings. The molecule has 1 heterocycles. The molecule has 0 fully saturated rings. The summed E-state index contributed by atoms with van der Waals surface area (Å²) in [4.78, 5) is 4.20. The average Bonchev–Trinajstić information content (AvgIpc) is 3.29. The molecule has 0 spiro atoms. The Bertz CT molecular complexity index is 984. The standard InChI is InChI=1S/C21H23F2N5O2.HI/c1-24-21(25-13-15-6-3-4-7-18(15)28-11-5-10-27-28)26-14-16-12-17(29-2)8-9-19(16)30-20(22)23;/h3-12,20H,13-14H2,1-2H3,(H2,24,25,26);1H. The molecule has 1 aromatic heterocycles. The molecule has 0 atom stereocenters. The van der Waals surface area contributed by atoms with E-state index in [-0.39, 0.29) is 36.3 Å². The van der Waals surface area contributed by atoms with Gasteiger partial charge in [0.2, 0.25) is 0 Å². The maximum atomic E-state index is 12.7. The molecule has 7 nitrogen and oxygen atoms in total. The summed E-state index contributed by atoms with van der Waals surface area (Å²) in [5.41, 5.74) is 2.49. The zero-order valence-corrected chi connectivity index (χ0v) is 19.4. The number of rotatable bonds is 8. The van der Waals surface area contributed by atoms with Crippen molar-refractivity contribution in [3.8, 4) is 17.2 Å². The number of alkyl halides is 2. The van der Waals surface area contributed by atoms with Crippen LogP contribution in [0.3, 0.4) is 0 Å². The lowest BCUT2D eigenvalue weighted by Gasteiger charge is -2.16. The number of hydrogen-bond acceptors (Lipinski definition) is 4. The lowest BCUT2D eigenvalue weighted by molar-refractivity contribution is -0.0504. The summed E-state index contributed by atoms with van der Waals surface area (Å²) in [6.45, 7) is -2.19. The van der Waals surface area contributed by atoms with Gasteiger partial charge in [-0.05, 0) is 35.9 Å². The second kappa shape index (κ2) is 12.1. The number of ether oxygens (including phenoxy) is 2. The number of nitrogens with one attached hydrogen (secondary N) is 2. The first-order chi connectivity index (χ1) is 14.6. The van der Waals surface area contributed by atoms with Crippen LogP contribution in [0.4, 0.5) is 8.78 Å². The third-order valence-corrected chi connectivity index (χ3v) is 4.34. The van der Waals surface area contributed by atoms with Crippen LogP contribution >= 0.6 is 24.0 Å². The maximum absolute atomic E-state index is 12.7. The molecule has 0 unspecified atom stereocenters. The molecule has 2 aromatic carbocycles. The molecular weight excluding hydrogens is 519 g/mol. The van der Waals surface area contributed by atoms with Gasteiger partial charge in [-0.2, -0.15) is 13.9 Å². The summed E-state index contributed by atoms with van der Waals surface area (Å²) in [5, 5.41) is 10.6. The SMILES string of the molecule is CN=C(NCc1cc(OC)ccc1OC(F)F)NCc1ccccc1-n1cccn1.I. The number of benzene rings is 2. The van der Waals surface area contributed by atoms with Crippen molar-refractivity contribution in [2.45, 2.75) is 19.7 Å². The fourth-order valence-electron chi connectivity index (χ4n) is 2.91. The number of hydrogen-bond donors (Lipinski definition) is 2. The Morgan fingerprint density at radius 2 is 1.84 bits per heavy atom. The van der Waals surface area contributed by atoms with Crippen LogP contribution in [0.1, 0.15) is 11.1 Å². The van der Waals surface area contributed by atoms with Crippen molar-refractivity contribution in [3.63, 3.8) is 0 Å². The fraction of sp³-hybridized carbons (Fsp3) is 0.238. The van der Waals surface area contributed by atoms with Gasteiger partial charge >= 0.3 is 6.61 Å². The summed E-state index contributed by atoms with van der Waals surface area (Å²) in [7, 11) is 3.15. The third-order valence-electron chi connectivity index (χ3n) is 4.34. The second-order valence-corrected chi connectivity index (χ2v) is 6.21. The van der Waals surface area contributed by atoms with Crippen LogP contribution in [0.5, 0.6) is 11.5 Å². The molecule has 0 bridgehead atoms. The van der Waals surface area contributed by atoms with Gasteiger partial charge in [-0.25, -0.2) is 4.68 Å². The molecule has 0 aliphatic carbocycles. The lowest BCUT2D eigenvalue weighted by atomic mass is 10.1. The molecule has 3 rings (SSSR count). The van der Waals surface area contributed by atoms with Crippen molar-refractivity contribution in [2.24, 2.45) is 4.99 Å². The average molecular weight is 543 g/mol. The Kier molecular flexibility index (Phi) is 9.50. The van der Waals surface area contributed by atoms with Crippen molar-refractivity contribution in [2.75, 3.05) is 14.2 Å². The molecule has 166 valence electrons. The van der Waals surface area contributed by atoms with E-state index in [9.17, 15) is 8.78 Å². The summed E-state index contributed by atoms with van der Waals surface area (Å²) in [5.74, 6) is 1.14. The normalized spacial score (nSPS) is 11.1. The topological polar surface area (TPSA) is 72.7 Å². The zero-order chi connectivity index (χ0) is 21.3. The molecule has 10 heteroatoms. The number of nitrogens with zero attached hydrogens (tertiary/aromatic N) is 3. The molecule has 0 saturated heterocycles. The Morgan fingerprint density at radius 3 is 2.48 bits per heavy atom. The number of methoxy groups -OCH3 is 1. The van der Waals surface area contributed by atoms with Gasteiger partial charge in [-0.1, -0.05) is 18.2 Å². The molecular formula is C21H24F2IN5O2. The van der Waals surface area contributed by atoms with Gasteiger partial charge < -0.3 is 20.1 Å². The van der Waals surface area contributed by atoms with Gasteiger partial charge in [0.05, 0.1) is 12.8 Å². The van der Waals surface area contributed by atoms with Gasteiger partial charge in [-0.15, -0.1) is 24.0 Å². The highest BCUT2D eigenvalue weighted by atomic mass is 127. The minimum Gasteiger partial charge on any atom is -0.497 e. The monoisotopic (exact) mass is 543 g/mol. The highest BCUT2D eigenvalue weighted by Gasteiger charge is 2.12.